The Morgan fingerprint density at radius 2 is 1.92 bits per heavy atom. The monoisotopic (exact) mass is 199 g/mol. The summed E-state index contributed by atoms with van der Waals surface area (Å²) in [4.78, 5) is 1.86. The summed E-state index contributed by atoms with van der Waals surface area (Å²) >= 11 is 5.75. The molecule has 0 saturated heterocycles. The van der Waals surface area contributed by atoms with E-state index in [1.807, 2.05) is 36.2 Å². The minimum absolute atomic E-state index is 0.105. The number of hydrogen-bond acceptors (Lipinski definition) is 2. The van der Waals surface area contributed by atoms with E-state index in [9.17, 15) is 0 Å². The predicted molar refractivity (Wildman–Crippen MR) is 54.9 cm³/mol. The van der Waals surface area contributed by atoms with Crippen LogP contribution in [0.15, 0.2) is 24.3 Å². The molecule has 0 spiro atoms. The second-order valence-electron chi connectivity index (χ2n) is 3.10. The topological polar surface area (TPSA) is 23.5 Å². The molecule has 0 atom stereocenters. The van der Waals surface area contributed by atoms with Gasteiger partial charge in [0.25, 0.3) is 0 Å². The molecule has 1 rings (SSSR count). The van der Waals surface area contributed by atoms with Crippen molar-refractivity contribution in [1.29, 1.82) is 0 Å². The fourth-order valence-corrected chi connectivity index (χ4v) is 1.17. The van der Waals surface area contributed by atoms with Gasteiger partial charge in [0.05, 0.1) is 6.73 Å². The van der Waals surface area contributed by atoms with Gasteiger partial charge in [-0.25, -0.2) is 0 Å². The molecule has 0 saturated carbocycles. The smallest absolute Gasteiger partial charge is 0.0954 e. The summed E-state index contributed by atoms with van der Waals surface area (Å²) in [7, 11) is 1.88. The lowest BCUT2D eigenvalue weighted by atomic mass is 10.1. The summed E-state index contributed by atoms with van der Waals surface area (Å²) in [5.74, 6) is 0. The van der Waals surface area contributed by atoms with Crippen LogP contribution in [0.3, 0.4) is 0 Å². The van der Waals surface area contributed by atoms with E-state index in [2.05, 4.69) is 0 Å². The van der Waals surface area contributed by atoms with Crippen molar-refractivity contribution in [3.8, 4) is 0 Å². The highest BCUT2D eigenvalue weighted by Crippen LogP contribution is 2.09. The second kappa shape index (κ2) is 5.22. The molecular formula is C10H14ClNO. The van der Waals surface area contributed by atoms with Gasteiger partial charge in [0, 0.05) is 11.6 Å². The first kappa shape index (κ1) is 10.5. The van der Waals surface area contributed by atoms with Crippen LogP contribution >= 0.6 is 11.6 Å². The predicted octanol–water partition coefficient (Wildman–Crippen LogP) is 1.76. The van der Waals surface area contributed by atoms with E-state index in [0.29, 0.717) is 0 Å². The average molecular weight is 200 g/mol. The Bertz CT molecular complexity index is 248. The first-order chi connectivity index (χ1) is 6.22. The lowest BCUT2D eigenvalue weighted by molar-refractivity contribution is 0.134. The molecule has 0 fully saturated rings. The van der Waals surface area contributed by atoms with E-state index in [4.69, 9.17) is 16.7 Å². The fourth-order valence-electron chi connectivity index (χ4n) is 1.04. The first-order valence-electron chi connectivity index (χ1n) is 4.26. The van der Waals surface area contributed by atoms with Gasteiger partial charge >= 0.3 is 0 Å². The summed E-state index contributed by atoms with van der Waals surface area (Å²) in [5, 5.41) is 9.52. The van der Waals surface area contributed by atoms with E-state index >= 15 is 0 Å². The van der Waals surface area contributed by atoms with Crippen LogP contribution in [0, 0.1) is 0 Å². The SMILES string of the molecule is CN(CO)CCc1ccc(Cl)cc1. The van der Waals surface area contributed by atoms with E-state index in [-0.39, 0.29) is 6.73 Å². The third kappa shape index (κ3) is 3.77. The number of rotatable bonds is 4. The molecule has 13 heavy (non-hydrogen) atoms. The van der Waals surface area contributed by atoms with Crippen LogP contribution in [-0.2, 0) is 6.42 Å². The van der Waals surface area contributed by atoms with Crippen LogP contribution in [0.4, 0.5) is 0 Å². The number of halogens is 1. The Morgan fingerprint density at radius 1 is 1.31 bits per heavy atom. The molecule has 0 heterocycles. The van der Waals surface area contributed by atoms with Crippen molar-refractivity contribution in [3.63, 3.8) is 0 Å². The van der Waals surface area contributed by atoms with E-state index in [1.165, 1.54) is 5.56 Å². The van der Waals surface area contributed by atoms with Gasteiger partial charge in [-0.3, -0.25) is 4.90 Å². The third-order valence-corrected chi connectivity index (χ3v) is 2.19. The molecule has 0 bridgehead atoms. The van der Waals surface area contributed by atoms with Crippen molar-refractivity contribution in [1.82, 2.24) is 4.90 Å². The second-order valence-corrected chi connectivity index (χ2v) is 3.53. The molecule has 3 heteroatoms. The van der Waals surface area contributed by atoms with Crippen LogP contribution in [0.1, 0.15) is 5.56 Å². The fraction of sp³-hybridized carbons (Fsp3) is 0.400. The van der Waals surface area contributed by atoms with Gasteiger partial charge in [0.15, 0.2) is 0 Å². The minimum atomic E-state index is 0.105. The lowest BCUT2D eigenvalue weighted by Crippen LogP contribution is -2.21. The molecule has 0 aliphatic heterocycles. The van der Waals surface area contributed by atoms with Gasteiger partial charge in [-0.1, -0.05) is 23.7 Å². The van der Waals surface area contributed by atoms with Crippen LogP contribution in [-0.4, -0.2) is 30.3 Å². The molecular weight excluding hydrogens is 186 g/mol. The van der Waals surface area contributed by atoms with Crippen LogP contribution in [0.25, 0.3) is 0 Å². The Hall–Kier alpha value is -0.570. The van der Waals surface area contributed by atoms with Crippen molar-refractivity contribution >= 4 is 11.6 Å². The summed E-state index contributed by atoms with van der Waals surface area (Å²) in [6.07, 6.45) is 0.939. The van der Waals surface area contributed by atoms with Crippen molar-refractivity contribution in [2.45, 2.75) is 6.42 Å². The maximum atomic E-state index is 8.76. The van der Waals surface area contributed by atoms with Gasteiger partial charge in [-0.05, 0) is 31.2 Å². The van der Waals surface area contributed by atoms with Gasteiger partial charge < -0.3 is 5.11 Å². The van der Waals surface area contributed by atoms with Crippen LogP contribution in [0.2, 0.25) is 5.02 Å². The molecule has 0 radical (unpaired) electrons. The number of benzene rings is 1. The van der Waals surface area contributed by atoms with Gasteiger partial charge in [0.1, 0.15) is 0 Å². The molecule has 0 aromatic heterocycles. The third-order valence-electron chi connectivity index (χ3n) is 1.94. The molecule has 1 aromatic carbocycles. The zero-order valence-corrected chi connectivity index (χ0v) is 8.46. The molecule has 72 valence electrons. The summed E-state index contributed by atoms with van der Waals surface area (Å²) < 4.78 is 0. The summed E-state index contributed by atoms with van der Waals surface area (Å²) in [6, 6.07) is 7.78. The Balaban J connectivity index is 2.41. The number of likely N-dealkylation sites (N-methyl/N-ethyl adjacent to an activating group) is 1. The number of aliphatic hydroxyl groups excluding tert-OH is 1. The molecule has 0 aliphatic rings. The molecule has 1 N–H and O–H groups in total. The van der Waals surface area contributed by atoms with Gasteiger partial charge in [-0.2, -0.15) is 0 Å². The van der Waals surface area contributed by atoms with Crippen molar-refractivity contribution < 1.29 is 5.11 Å². The molecule has 0 amide bonds. The maximum Gasteiger partial charge on any atom is 0.0954 e. The normalized spacial score (nSPS) is 10.8. The van der Waals surface area contributed by atoms with Crippen LogP contribution < -0.4 is 0 Å². The summed E-state index contributed by atoms with van der Waals surface area (Å²) in [6.45, 7) is 0.964. The van der Waals surface area contributed by atoms with Crippen molar-refractivity contribution in [2.24, 2.45) is 0 Å². The maximum absolute atomic E-state index is 8.76. The zero-order valence-electron chi connectivity index (χ0n) is 7.70. The van der Waals surface area contributed by atoms with E-state index in [0.717, 1.165) is 18.0 Å². The number of hydrogen-bond donors (Lipinski definition) is 1. The molecule has 2 nitrogen and oxygen atoms in total. The van der Waals surface area contributed by atoms with Crippen molar-refractivity contribution in [3.05, 3.63) is 34.9 Å². The molecule has 0 aliphatic carbocycles. The Labute approximate surface area is 83.7 Å². The highest BCUT2D eigenvalue weighted by atomic mass is 35.5. The van der Waals surface area contributed by atoms with E-state index < -0.39 is 0 Å². The minimum Gasteiger partial charge on any atom is -0.381 e. The van der Waals surface area contributed by atoms with Crippen LogP contribution in [0.5, 0.6) is 0 Å². The highest BCUT2D eigenvalue weighted by Gasteiger charge is 1.96. The summed E-state index contributed by atoms with van der Waals surface area (Å²) in [5.41, 5.74) is 1.24. The van der Waals surface area contributed by atoms with Gasteiger partial charge in [0.2, 0.25) is 0 Å². The van der Waals surface area contributed by atoms with Gasteiger partial charge in [-0.15, -0.1) is 0 Å². The Kier molecular flexibility index (Phi) is 4.22. The first-order valence-corrected chi connectivity index (χ1v) is 4.64. The molecule has 1 aromatic rings. The number of aliphatic hydroxyl groups is 1. The highest BCUT2D eigenvalue weighted by molar-refractivity contribution is 6.30. The quantitative estimate of drug-likeness (QED) is 0.748. The number of nitrogens with zero attached hydrogens (tertiary/aromatic N) is 1. The Morgan fingerprint density at radius 3 is 2.46 bits per heavy atom. The zero-order chi connectivity index (χ0) is 9.68. The average Bonchev–Trinajstić information content (AvgIpc) is 2.16. The standard InChI is InChI=1S/C10H14ClNO/c1-12(8-13)7-6-9-2-4-10(11)5-3-9/h2-5,13H,6-8H2,1H3. The largest absolute Gasteiger partial charge is 0.381 e. The van der Waals surface area contributed by atoms with Crippen molar-refractivity contribution in [2.75, 3.05) is 20.3 Å². The lowest BCUT2D eigenvalue weighted by Gasteiger charge is -2.12. The van der Waals surface area contributed by atoms with E-state index in [1.54, 1.807) is 0 Å². The molecule has 0 unspecified atom stereocenters.